The Hall–Kier alpha value is -0.620. The molecule has 0 radical (unpaired) electrons. The van der Waals surface area contributed by atoms with Gasteiger partial charge in [-0.3, -0.25) is 4.79 Å². The Labute approximate surface area is 109 Å². The first-order chi connectivity index (χ1) is 8.42. The van der Waals surface area contributed by atoms with Crippen molar-refractivity contribution in [1.29, 1.82) is 0 Å². The first kappa shape index (κ1) is 15.4. The molecular formula is C12H23NO4S. The van der Waals surface area contributed by atoms with Crippen molar-refractivity contribution in [2.75, 3.05) is 25.2 Å². The summed E-state index contributed by atoms with van der Waals surface area (Å²) in [7, 11) is -2.92. The molecule has 5 nitrogen and oxygen atoms in total. The second kappa shape index (κ2) is 7.09. The lowest BCUT2D eigenvalue weighted by molar-refractivity contribution is -0.149. The van der Waals surface area contributed by atoms with E-state index in [0.29, 0.717) is 13.2 Å². The van der Waals surface area contributed by atoms with Crippen molar-refractivity contribution in [3.63, 3.8) is 0 Å². The maximum absolute atomic E-state index is 11.6. The number of sulfone groups is 1. The zero-order valence-electron chi connectivity index (χ0n) is 11.1. The molecule has 1 aliphatic carbocycles. The summed E-state index contributed by atoms with van der Waals surface area (Å²) in [6, 6.07) is 0.231. The van der Waals surface area contributed by atoms with E-state index in [1.807, 2.05) is 6.92 Å². The van der Waals surface area contributed by atoms with Crippen molar-refractivity contribution in [2.24, 2.45) is 5.92 Å². The molecule has 2 atom stereocenters. The molecule has 0 heterocycles. The molecule has 1 aliphatic rings. The Morgan fingerprint density at radius 1 is 1.39 bits per heavy atom. The largest absolute Gasteiger partial charge is 0.466 e. The van der Waals surface area contributed by atoms with Crippen molar-refractivity contribution in [3.05, 3.63) is 0 Å². The van der Waals surface area contributed by atoms with Crippen LogP contribution < -0.4 is 5.32 Å². The van der Waals surface area contributed by atoms with Gasteiger partial charge >= 0.3 is 5.97 Å². The van der Waals surface area contributed by atoms with Gasteiger partial charge < -0.3 is 10.1 Å². The SMILES string of the molecule is CCOC(=O)C1CCCC(NCCS(C)(=O)=O)C1. The molecule has 0 bridgehead atoms. The number of carbonyl (C=O) groups is 1. The summed E-state index contributed by atoms with van der Waals surface area (Å²) in [6.45, 7) is 2.68. The fraction of sp³-hybridized carbons (Fsp3) is 0.917. The van der Waals surface area contributed by atoms with Gasteiger partial charge in [0.25, 0.3) is 0 Å². The highest BCUT2D eigenvalue weighted by Crippen LogP contribution is 2.25. The average molecular weight is 277 g/mol. The number of esters is 1. The standard InChI is InChI=1S/C12H23NO4S/c1-3-17-12(14)10-5-4-6-11(9-10)13-7-8-18(2,15)16/h10-11,13H,3-9H2,1-2H3. The van der Waals surface area contributed by atoms with E-state index < -0.39 is 9.84 Å². The quantitative estimate of drug-likeness (QED) is 0.725. The molecule has 1 fully saturated rings. The van der Waals surface area contributed by atoms with Gasteiger partial charge in [0, 0.05) is 18.8 Å². The van der Waals surface area contributed by atoms with Crippen LogP contribution in [0.3, 0.4) is 0 Å². The summed E-state index contributed by atoms with van der Waals surface area (Å²) in [5.74, 6) is -0.00494. The minimum Gasteiger partial charge on any atom is -0.466 e. The molecule has 0 aromatic heterocycles. The molecule has 0 aromatic rings. The van der Waals surface area contributed by atoms with Gasteiger partial charge in [-0.05, 0) is 26.2 Å². The van der Waals surface area contributed by atoms with Gasteiger partial charge in [-0.1, -0.05) is 6.42 Å². The van der Waals surface area contributed by atoms with Crippen molar-refractivity contribution >= 4 is 15.8 Å². The molecule has 1 saturated carbocycles. The zero-order valence-corrected chi connectivity index (χ0v) is 12.0. The topological polar surface area (TPSA) is 72.5 Å². The summed E-state index contributed by atoms with van der Waals surface area (Å²) < 4.78 is 27.1. The molecule has 18 heavy (non-hydrogen) atoms. The number of hydrogen-bond donors (Lipinski definition) is 1. The molecule has 0 aromatic carbocycles. The lowest BCUT2D eigenvalue weighted by atomic mass is 9.86. The Bertz CT molecular complexity index is 366. The van der Waals surface area contributed by atoms with Crippen LogP contribution in [0.25, 0.3) is 0 Å². The van der Waals surface area contributed by atoms with Crippen LogP contribution in [0.15, 0.2) is 0 Å². The van der Waals surface area contributed by atoms with E-state index in [1.54, 1.807) is 0 Å². The minimum absolute atomic E-state index is 0.0329. The third kappa shape index (κ3) is 5.82. The van der Waals surface area contributed by atoms with Crippen LogP contribution in [-0.2, 0) is 19.4 Å². The maximum Gasteiger partial charge on any atom is 0.308 e. The van der Waals surface area contributed by atoms with Gasteiger partial charge in [0.05, 0.1) is 18.3 Å². The van der Waals surface area contributed by atoms with Crippen molar-refractivity contribution in [2.45, 2.75) is 38.6 Å². The number of carbonyl (C=O) groups excluding carboxylic acids is 1. The van der Waals surface area contributed by atoms with Crippen LogP contribution in [0.4, 0.5) is 0 Å². The van der Waals surface area contributed by atoms with Gasteiger partial charge in [0.1, 0.15) is 9.84 Å². The summed E-state index contributed by atoms with van der Waals surface area (Å²) in [5.41, 5.74) is 0. The summed E-state index contributed by atoms with van der Waals surface area (Å²) in [4.78, 5) is 11.6. The highest BCUT2D eigenvalue weighted by Gasteiger charge is 2.27. The van der Waals surface area contributed by atoms with E-state index in [-0.39, 0.29) is 23.7 Å². The van der Waals surface area contributed by atoms with Gasteiger partial charge in [-0.15, -0.1) is 0 Å². The van der Waals surface area contributed by atoms with Gasteiger partial charge in [0.15, 0.2) is 0 Å². The monoisotopic (exact) mass is 277 g/mol. The molecule has 106 valence electrons. The van der Waals surface area contributed by atoms with Gasteiger partial charge in [-0.2, -0.15) is 0 Å². The van der Waals surface area contributed by atoms with Gasteiger partial charge in [-0.25, -0.2) is 8.42 Å². The number of hydrogen-bond acceptors (Lipinski definition) is 5. The van der Waals surface area contributed by atoms with E-state index >= 15 is 0 Å². The van der Waals surface area contributed by atoms with Crippen molar-refractivity contribution in [3.8, 4) is 0 Å². The fourth-order valence-electron chi connectivity index (χ4n) is 2.30. The van der Waals surface area contributed by atoms with Crippen LogP contribution in [0.2, 0.25) is 0 Å². The first-order valence-corrected chi connectivity index (χ1v) is 8.56. The van der Waals surface area contributed by atoms with E-state index in [4.69, 9.17) is 4.74 Å². The Morgan fingerprint density at radius 3 is 2.72 bits per heavy atom. The Balaban J connectivity index is 2.33. The maximum atomic E-state index is 11.6. The lowest BCUT2D eigenvalue weighted by Gasteiger charge is -2.28. The van der Waals surface area contributed by atoms with Crippen LogP contribution in [0.5, 0.6) is 0 Å². The van der Waals surface area contributed by atoms with Crippen molar-refractivity contribution in [1.82, 2.24) is 5.32 Å². The number of ether oxygens (including phenoxy) is 1. The molecule has 0 spiro atoms. The second-order valence-corrected chi connectivity index (χ2v) is 7.16. The highest BCUT2D eigenvalue weighted by molar-refractivity contribution is 7.90. The lowest BCUT2D eigenvalue weighted by Crippen LogP contribution is -2.38. The predicted molar refractivity (Wildman–Crippen MR) is 70.1 cm³/mol. The van der Waals surface area contributed by atoms with Crippen molar-refractivity contribution < 1.29 is 17.9 Å². The third-order valence-corrected chi connectivity index (χ3v) is 4.15. The van der Waals surface area contributed by atoms with E-state index in [9.17, 15) is 13.2 Å². The predicted octanol–water partition coefficient (Wildman–Crippen LogP) is 0.743. The highest BCUT2D eigenvalue weighted by atomic mass is 32.2. The smallest absolute Gasteiger partial charge is 0.308 e. The molecule has 1 rings (SSSR count). The molecule has 6 heteroatoms. The number of nitrogens with one attached hydrogen (secondary N) is 1. The average Bonchev–Trinajstić information content (AvgIpc) is 2.28. The summed E-state index contributed by atoms with van der Waals surface area (Å²) >= 11 is 0. The first-order valence-electron chi connectivity index (χ1n) is 6.50. The van der Waals surface area contributed by atoms with E-state index in [2.05, 4.69) is 5.32 Å². The molecule has 0 saturated heterocycles. The van der Waals surface area contributed by atoms with Crippen LogP contribution >= 0.6 is 0 Å². The summed E-state index contributed by atoms with van der Waals surface area (Å²) in [6.07, 6.45) is 4.85. The number of rotatable bonds is 6. The molecule has 0 aliphatic heterocycles. The minimum atomic E-state index is -2.92. The molecule has 1 N–H and O–H groups in total. The molecular weight excluding hydrogens is 254 g/mol. The molecule has 0 amide bonds. The van der Waals surface area contributed by atoms with Gasteiger partial charge in [0.2, 0.25) is 0 Å². The Kier molecular flexibility index (Phi) is 6.08. The molecule has 2 unspecified atom stereocenters. The second-order valence-electron chi connectivity index (χ2n) is 4.90. The van der Waals surface area contributed by atoms with E-state index in [0.717, 1.165) is 25.7 Å². The third-order valence-electron chi connectivity index (χ3n) is 3.20. The Morgan fingerprint density at radius 2 is 2.11 bits per heavy atom. The van der Waals surface area contributed by atoms with Crippen LogP contribution in [-0.4, -0.2) is 45.6 Å². The summed E-state index contributed by atoms with van der Waals surface area (Å²) in [5, 5.41) is 3.22. The fourth-order valence-corrected chi connectivity index (χ4v) is 2.79. The normalized spacial score (nSPS) is 24.8. The zero-order chi connectivity index (χ0) is 13.6. The van der Waals surface area contributed by atoms with Crippen LogP contribution in [0, 0.1) is 5.92 Å². The van der Waals surface area contributed by atoms with E-state index in [1.165, 1.54) is 6.26 Å². The van der Waals surface area contributed by atoms with Crippen LogP contribution in [0.1, 0.15) is 32.6 Å².